The number of likely N-dealkylation sites (tertiary alicyclic amines) is 1. The summed E-state index contributed by atoms with van der Waals surface area (Å²) >= 11 is 0. The van der Waals surface area contributed by atoms with Crippen molar-refractivity contribution < 1.29 is 4.39 Å². The predicted octanol–water partition coefficient (Wildman–Crippen LogP) is 2.14. The summed E-state index contributed by atoms with van der Waals surface area (Å²) in [7, 11) is 0. The standard InChI is InChI=1S/C13H19FN2/c1-2-6-13(15)9-16(10-13)8-11-4-3-5-12(14)7-11/h3-5,7H,2,6,8-10,15H2,1H3. The number of rotatable bonds is 4. The van der Waals surface area contributed by atoms with Gasteiger partial charge in [-0.1, -0.05) is 25.5 Å². The molecule has 16 heavy (non-hydrogen) atoms. The van der Waals surface area contributed by atoms with Gasteiger partial charge in [0.15, 0.2) is 0 Å². The fourth-order valence-corrected chi connectivity index (χ4v) is 2.51. The smallest absolute Gasteiger partial charge is 0.123 e. The van der Waals surface area contributed by atoms with Gasteiger partial charge in [-0.15, -0.1) is 0 Å². The van der Waals surface area contributed by atoms with Gasteiger partial charge in [-0.05, 0) is 24.1 Å². The van der Waals surface area contributed by atoms with Crippen LogP contribution in [0, 0.1) is 5.82 Å². The van der Waals surface area contributed by atoms with Crippen molar-refractivity contribution in [2.45, 2.75) is 31.8 Å². The highest BCUT2D eigenvalue weighted by Crippen LogP contribution is 2.24. The van der Waals surface area contributed by atoms with E-state index in [9.17, 15) is 4.39 Å². The number of benzene rings is 1. The zero-order chi connectivity index (χ0) is 11.6. The average Bonchev–Trinajstić information content (AvgIpc) is 2.15. The van der Waals surface area contributed by atoms with E-state index in [0.717, 1.165) is 38.0 Å². The molecule has 0 spiro atoms. The van der Waals surface area contributed by atoms with Crippen molar-refractivity contribution in [2.75, 3.05) is 13.1 Å². The van der Waals surface area contributed by atoms with E-state index in [2.05, 4.69) is 11.8 Å². The molecule has 0 aliphatic carbocycles. The van der Waals surface area contributed by atoms with Crippen LogP contribution < -0.4 is 5.73 Å². The minimum atomic E-state index is -0.161. The zero-order valence-electron chi connectivity index (χ0n) is 9.75. The SMILES string of the molecule is CCCC1(N)CN(Cc2cccc(F)c2)C1. The summed E-state index contributed by atoms with van der Waals surface area (Å²) in [5, 5.41) is 0. The molecule has 0 aromatic heterocycles. The first-order valence-electron chi connectivity index (χ1n) is 5.87. The summed E-state index contributed by atoms with van der Waals surface area (Å²) in [4.78, 5) is 2.27. The Balaban J connectivity index is 1.85. The quantitative estimate of drug-likeness (QED) is 0.845. The lowest BCUT2D eigenvalue weighted by atomic mass is 9.86. The van der Waals surface area contributed by atoms with Gasteiger partial charge >= 0.3 is 0 Å². The summed E-state index contributed by atoms with van der Waals surface area (Å²) in [6.45, 7) is 4.82. The molecule has 3 heteroatoms. The summed E-state index contributed by atoms with van der Waals surface area (Å²) in [6, 6.07) is 6.78. The van der Waals surface area contributed by atoms with Crippen molar-refractivity contribution in [1.82, 2.24) is 4.90 Å². The van der Waals surface area contributed by atoms with E-state index in [1.54, 1.807) is 12.1 Å². The van der Waals surface area contributed by atoms with Crippen LogP contribution in [0.5, 0.6) is 0 Å². The lowest BCUT2D eigenvalue weighted by Crippen LogP contribution is -2.66. The van der Waals surface area contributed by atoms with E-state index < -0.39 is 0 Å². The van der Waals surface area contributed by atoms with Crippen molar-refractivity contribution in [3.63, 3.8) is 0 Å². The number of nitrogens with two attached hydrogens (primary N) is 1. The van der Waals surface area contributed by atoms with Crippen molar-refractivity contribution in [3.05, 3.63) is 35.6 Å². The Hall–Kier alpha value is -0.930. The molecular weight excluding hydrogens is 203 g/mol. The van der Waals surface area contributed by atoms with E-state index in [0.29, 0.717) is 0 Å². The van der Waals surface area contributed by atoms with Crippen molar-refractivity contribution in [2.24, 2.45) is 5.73 Å². The molecule has 2 rings (SSSR count). The molecule has 0 bridgehead atoms. The minimum absolute atomic E-state index is 0.00206. The third-order valence-corrected chi connectivity index (χ3v) is 3.12. The second-order valence-electron chi connectivity index (χ2n) is 4.89. The molecule has 0 amide bonds. The number of nitrogens with zero attached hydrogens (tertiary/aromatic N) is 1. The van der Waals surface area contributed by atoms with E-state index in [4.69, 9.17) is 5.73 Å². The van der Waals surface area contributed by atoms with Gasteiger partial charge in [0, 0.05) is 25.2 Å². The number of hydrogen-bond donors (Lipinski definition) is 1. The molecule has 1 saturated heterocycles. The van der Waals surface area contributed by atoms with Crippen LogP contribution in [-0.2, 0) is 6.54 Å². The van der Waals surface area contributed by atoms with Crippen molar-refractivity contribution in [1.29, 1.82) is 0 Å². The fourth-order valence-electron chi connectivity index (χ4n) is 2.51. The van der Waals surface area contributed by atoms with Gasteiger partial charge in [-0.2, -0.15) is 0 Å². The van der Waals surface area contributed by atoms with E-state index in [1.165, 1.54) is 6.07 Å². The summed E-state index contributed by atoms with van der Waals surface area (Å²) < 4.78 is 13.0. The Morgan fingerprint density at radius 2 is 2.19 bits per heavy atom. The highest BCUT2D eigenvalue weighted by molar-refractivity contribution is 5.17. The molecule has 1 aliphatic heterocycles. The first-order chi connectivity index (χ1) is 7.61. The molecule has 1 aromatic carbocycles. The van der Waals surface area contributed by atoms with Crippen LogP contribution in [0.4, 0.5) is 4.39 Å². The van der Waals surface area contributed by atoms with Crippen LogP contribution in [0.3, 0.4) is 0 Å². The molecule has 2 N–H and O–H groups in total. The predicted molar refractivity (Wildman–Crippen MR) is 63.5 cm³/mol. The Morgan fingerprint density at radius 3 is 2.81 bits per heavy atom. The molecule has 2 nitrogen and oxygen atoms in total. The molecule has 0 saturated carbocycles. The van der Waals surface area contributed by atoms with Crippen LogP contribution >= 0.6 is 0 Å². The summed E-state index contributed by atoms with van der Waals surface area (Å²) in [5.74, 6) is -0.161. The van der Waals surface area contributed by atoms with Gasteiger partial charge in [-0.25, -0.2) is 4.39 Å². The van der Waals surface area contributed by atoms with Crippen LogP contribution in [0.25, 0.3) is 0 Å². The van der Waals surface area contributed by atoms with Gasteiger partial charge in [-0.3, -0.25) is 4.90 Å². The molecule has 1 heterocycles. The van der Waals surface area contributed by atoms with E-state index in [-0.39, 0.29) is 11.4 Å². The van der Waals surface area contributed by atoms with Gasteiger partial charge in [0.2, 0.25) is 0 Å². The molecule has 1 aliphatic rings. The molecule has 1 fully saturated rings. The zero-order valence-corrected chi connectivity index (χ0v) is 9.75. The highest BCUT2D eigenvalue weighted by Gasteiger charge is 2.37. The highest BCUT2D eigenvalue weighted by atomic mass is 19.1. The average molecular weight is 222 g/mol. The number of hydrogen-bond acceptors (Lipinski definition) is 2. The monoisotopic (exact) mass is 222 g/mol. The van der Waals surface area contributed by atoms with Crippen LogP contribution in [0.1, 0.15) is 25.3 Å². The largest absolute Gasteiger partial charge is 0.323 e. The molecule has 1 aromatic rings. The molecule has 0 radical (unpaired) electrons. The lowest BCUT2D eigenvalue weighted by Gasteiger charge is -2.48. The maximum Gasteiger partial charge on any atom is 0.123 e. The normalized spacial score (nSPS) is 19.4. The summed E-state index contributed by atoms with van der Waals surface area (Å²) in [5.41, 5.74) is 7.20. The summed E-state index contributed by atoms with van der Waals surface area (Å²) in [6.07, 6.45) is 2.21. The van der Waals surface area contributed by atoms with Crippen LogP contribution in [0.2, 0.25) is 0 Å². The number of halogens is 1. The maximum absolute atomic E-state index is 13.0. The van der Waals surface area contributed by atoms with Crippen LogP contribution in [-0.4, -0.2) is 23.5 Å². The Morgan fingerprint density at radius 1 is 1.44 bits per heavy atom. The third kappa shape index (κ3) is 2.60. The minimum Gasteiger partial charge on any atom is -0.323 e. The maximum atomic E-state index is 13.0. The van der Waals surface area contributed by atoms with Gasteiger partial charge in [0.25, 0.3) is 0 Å². The van der Waals surface area contributed by atoms with Crippen molar-refractivity contribution in [3.8, 4) is 0 Å². The van der Waals surface area contributed by atoms with Crippen molar-refractivity contribution >= 4 is 0 Å². The molecule has 0 atom stereocenters. The second-order valence-corrected chi connectivity index (χ2v) is 4.89. The second kappa shape index (κ2) is 4.52. The van der Waals surface area contributed by atoms with E-state index in [1.807, 2.05) is 6.07 Å². The van der Waals surface area contributed by atoms with E-state index >= 15 is 0 Å². The lowest BCUT2D eigenvalue weighted by molar-refractivity contribution is 0.0567. The van der Waals surface area contributed by atoms with Gasteiger partial charge in [0.05, 0.1) is 0 Å². The first kappa shape index (κ1) is 11.6. The van der Waals surface area contributed by atoms with Crippen LogP contribution in [0.15, 0.2) is 24.3 Å². The first-order valence-corrected chi connectivity index (χ1v) is 5.87. The fraction of sp³-hybridized carbons (Fsp3) is 0.538. The topological polar surface area (TPSA) is 29.3 Å². The molecule has 88 valence electrons. The van der Waals surface area contributed by atoms with Gasteiger partial charge < -0.3 is 5.73 Å². The molecular formula is C13H19FN2. The Bertz CT molecular complexity index is 359. The Labute approximate surface area is 96.2 Å². The Kier molecular flexibility index (Phi) is 3.26. The van der Waals surface area contributed by atoms with Gasteiger partial charge in [0.1, 0.15) is 5.82 Å². The third-order valence-electron chi connectivity index (χ3n) is 3.12. The molecule has 0 unspecified atom stereocenters.